The quantitative estimate of drug-likeness (QED) is 0.271. The van der Waals surface area contributed by atoms with Crippen molar-refractivity contribution in [3.8, 4) is 16.9 Å². The van der Waals surface area contributed by atoms with Crippen molar-refractivity contribution in [1.82, 2.24) is 10.3 Å². The van der Waals surface area contributed by atoms with Crippen LogP contribution < -0.4 is 10.1 Å². The SMILES string of the molecule is CCOc1cc2occ(-c3cccc4ccccc34)c2cc1/C(C)=C/C(=O)NCc1ccncc1. The molecule has 2 aromatic heterocycles. The Kier molecular flexibility index (Phi) is 6.31. The Morgan fingerprint density at radius 3 is 2.63 bits per heavy atom. The molecule has 0 bridgehead atoms. The summed E-state index contributed by atoms with van der Waals surface area (Å²) in [6.07, 6.45) is 6.84. The summed E-state index contributed by atoms with van der Waals surface area (Å²) in [6, 6.07) is 22.3. The summed E-state index contributed by atoms with van der Waals surface area (Å²) in [5.74, 6) is 0.526. The molecule has 0 aliphatic rings. The van der Waals surface area contributed by atoms with Gasteiger partial charge in [0.15, 0.2) is 0 Å². The van der Waals surface area contributed by atoms with Gasteiger partial charge in [-0.1, -0.05) is 42.5 Å². The molecule has 5 aromatic rings. The van der Waals surface area contributed by atoms with Crippen LogP contribution in [0.2, 0.25) is 0 Å². The Morgan fingerprint density at radius 2 is 1.80 bits per heavy atom. The maximum absolute atomic E-state index is 12.7. The molecule has 5 nitrogen and oxygen atoms in total. The van der Waals surface area contributed by atoms with Gasteiger partial charge in [0.05, 0.1) is 12.9 Å². The molecule has 0 radical (unpaired) electrons. The fourth-order valence-electron chi connectivity index (χ4n) is 4.32. The highest BCUT2D eigenvalue weighted by Crippen LogP contribution is 2.39. The molecule has 174 valence electrons. The van der Waals surface area contributed by atoms with Crippen molar-refractivity contribution >= 4 is 33.2 Å². The molecule has 0 unspecified atom stereocenters. The van der Waals surface area contributed by atoms with Crippen molar-refractivity contribution in [1.29, 1.82) is 0 Å². The maximum atomic E-state index is 12.7. The van der Waals surface area contributed by atoms with E-state index in [2.05, 4.69) is 46.7 Å². The number of carbonyl (C=O) groups is 1. The van der Waals surface area contributed by atoms with Crippen LogP contribution in [0.15, 0.2) is 95.9 Å². The van der Waals surface area contributed by atoms with E-state index in [4.69, 9.17) is 9.15 Å². The van der Waals surface area contributed by atoms with Gasteiger partial charge in [-0.15, -0.1) is 0 Å². The largest absolute Gasteiger partial charge is 0.493 e. The second-order valence-corrected chi connectivity index (χ2v) is 8.35. The summed E-state index contributed by atoms with van der Waals surface area (Å²) in [4.78, 5) is 16.7. The van der Waals surface area contributed by atoms with Crippen molar-refractivity contribution < 1.29 is 13.9 Å². The first-order valence-corrected chi connectivity index (χ1v) is 11.7. The van der Waals surface area contributed by atoms with Gasteiger partial charge >= 0.3 is 0 Å². The van der Waals surface area contributed by atoms with E-state index in [1.165, 1.54) is 5.39 Å². The number of furan rings is 1. The van der Waals surface area contributed by atoms with Gasteiger partial charge in [0, 0.05) is 47.6 Å². The minimum atomic E-state index is -0.164. The first-order chi connectivity index (χ1) is 17.1. The van der Waals surface area contributed by atoms with Crippen molar-refractivity contribution in [2.75, 3.05) is 6.61 Å². The van der Waals surface area contributed by atoms with E-state index >= 15 is 0 Å². The van der Waals surface area contributed by atoms with Gasteiger partial charge < -0.3 is 14.5 Å². The van der Waals surface area contributed by atoms with Crippen LogP contribution >= 0.6 is 0 Å². The van der Waals surface area contributed by atoms with Gasteiger partial charge in [-0.05, 0) is 59.5 Å². The number of carbonyl (C=O) groups excluding carboxylic acids is 1. The van der Waals surface area contributed by atoms with Crippen molar-refractivity contribution in [3.05, 3.63) is 103 Å². The minimum Gasteiger partial charge on any atom is -0.493 e. The lowest BCUT2D eigenvalue weighted by Gasteiger charge is -2.12. The summed E-state index contributed by atoms with van der Waals surface area (Å²) in [5, 5.41) is 6.25. The van der Waals surface area contributed by atoms with Crippen LogP contribution in [0.3, 0.4) is 0 Å². The molecule has 1 N–H and O–H groups in total. The molecule has 0 aliphatic heterocycles. The average molecular weight is 463 g/mol. The minimum absolute atomic E-state index is 0.164. The molecule has 0 spiro atoms. The van der Waals surface area contributed by atoms with Crippen LogP contribution in [0.1, 0.15) is 25.0 Å². The fraction of sp³-hybridized carbons (Fsp3) is 0.133. The maximum Gasteiger partial charge on any atom is 0.244 e. The smallest absolute Gasteiger partial charge is 0.244 e. The molecule has 0 saturated heterocycles. The number of hydrogen-bond acceptors (Lipinski definition) is 4. The van der Waals surface area contributed by atoms with Gasteiger partial charge in [0.2, 0.25) is 5.91 Å². The summed E-state index contributed by atoms with van der Waals surface area (Å²) in [6.45, 7) is 4.82. The zero-order valence-electron chi connectivity index (χ0n) is 19.7. The molecular weight excluding hydrogens is 436 g/mol. The monoisotopic (exact) mass is 462 g/mol. The van der Waals surface area contributed by atoms with Crippen LogP contribution in [0, 0.1) is 0 Å². The van der Waals surface area contributed by atoms with Gasteiger partial charge in [-0.3, -0.25) is 9.78 Å². The average Bonchev–Trinajstić information content (AvgIpc) is 3.30. The Labute approximate surface area is 204 Å². The topological polar surface area (TPSA) is 64.4 Å². The number of allylic oxidation sites excluding steroid dienone is 1. The Morgan fingerprint density at radius 1 is 1.00 bits per heavy atom. The molecule has 0 atom stereocenters. The van der Waals surface area contributed by atoms with Crippen molar-refractivity contribution in [2.45, 2.75) is 20.4 Å². The van der Waals surface area contributed by atoms with E-state index in [0.29, 0.717) is 18.9 Å². The number of aromatic nitrogens is 1. The summed E-state index contributed by atoms with van der Waals surface area (Å²) >= 11 is 0. The third-order valence-corrected chi connectivity index (χ3v) is 6.04. The van der Waals surface area contributed by atoms with E-state index in [0.717, 1.165) is 44.2 Å². The zero-order valence-corrected chi connectivity index (χ0v) is 19.7. The molecule has 0 saturated carbocycles. The Bertz CT molecular complexity index is 1530. The second kappa shape index (κ2) is 9.85. The highest BCUT2D eigenvalue weighted by atomic mass is 16.5. The van der Waals surface area contributed by atoms with Gasteiger partial charge in [-0.2, -0.15) is 0 Å². The predicted octanol–water partition coefficient (Wildman–Crippen LogP) is 6.77. The summed E-state index contributed by atoms with van der Waals surface area (Å²) in [5.41, 5.74) is 5.53. The number of ether oxygens (including phenoxy) is 1. The predicted molar refractivity (Wildman–Crippen MR) is 140 cm³/mol. The second-order valence-electron chi connectivity index (χ2n) is 8.35. The zero-order chi connectivity index (χ0) is 24.2. The van der Waals surface area contributed by atoms with Crippen LogP contribution in [0.25, 0.3) is 38.4 Å². The molecule has 0 aliphatic carbocycles. The Hall–Kier alpha value is -4.38. The van der Waals surface area contributed by atoms with Gasteiger partial charge in [0.25, 0.3) is 0 Å². The van der Waals surface area contributed by atoms with Crippen LogP contribution in [0.4, 0.5) is 0 Å². The van der Waals surface area contributed by atoms with Gasteiger partial charge in [-0.25, -0.2) is 0 Å². The molecule has 0 fully saturated rings. The molecule has 1 amide bonds. The standard InChI is InChI=1S/C30H26N2O3/c1-3-34-28-17-29-26(27(19-35-29)24-10-6-8-22-7-4-5-9-23(22)24)16-25(28)20(2)15-30(33)32-18-21-11-13-31-14-12-21/h4-17,19H,3,18H2,1-2H3,(H,32,33)/b20-15+. The van der Waals surface area contributed by atoms with Crippen LogP contribution in [-0.2, 0) is 11.3 Å². The first kappa shape index (κ1) is 22.4. The molecular formula is C30H26N2O3. The lowest BCUT2D eigenvalue weighted by molar-refractivity contribution is -0.116. The highest BCUT2D eigenvalue weighted by molar-refractivity contribution is 6.06. The third-order valence-electron chi connectivity index (χ3n) is 6.04. The fourth-order valence-corrected chi connectivity index (χ4v) is 4.32. The van der Waals surface area contributed by atoms with E-state index in [1.54, 1.807) is 24.7 Å². The van der Waals surface area contributed by atoms with E-state index in [1.807, 2.05) is 44.2 Å². The summed E-state index contributed by atoms with van der Waals surface area (Å²) in [7, 11) is 0. The third kappa shape index (κ3) is 4.66. The molecule has 5 heteroatoms. The van der Waals surface area contributed by atoms with E-state index in [9.17, 15) is 4.79 Å². The molecule has 5 rings (SSSR count). The molecule has 2 heterocycles. The van der Waals surface area contributed by atoms with E-state index < -0.39 is 0 Å². The van der Waals surface area contributed by atoms with Crippen LogP contribution in [0.5, 0.6) is 5.75 Å². The highest BCUT2D eigenvalue weighted by Gasteiger charge is 2.16. The first-order valence-electron chi connectivity index (χ1n) is 11.7. The number of nitrogens with one attached hydrogen (secondary N) is 1. The van der Waals surface area contributed by atoms with Crippen molar-refractivity contribution in [3.63, 3.8) is 0 Å². The van der Waals surface area contributed by atoms with E-state index in [-0.39, 0.29) is 5.91 Å². The summed E-state index contributed by atoms with van der Waals surface area (Å²) < 4.78 is 11.9. The Balaban J connectivity index is 1.53. The lowest BCUT2D eigenvalue weighted by atomic mass is 9.96. The number of fused-ring (bicyclic) bond motifs is 2. The number of pyridine rings is 1. The number of rotatable bonds is 7. The lowest BCUT2D eigenvalue weighted by Crippen LogP contribution is -2.20. The molecule has 3 aromatic carbocycles. The van der Waals surface area contributed by atoms with Gasteiger partial charge in [0.1, 0.15) is 11.3 Å². The number of amides is 1. The number of hydrogen-bond donors (Lipinski definition) is 1. The molecule has 35 heavy (non-hydrogen) atoms. The number of nitrogens with zero attached hydrogens (tertiary/aromatic N) is 1. The van der Waals surface area contributed by atoms with Crippen molar-refractivity contribution in [2.24, 2.45) is 0 Å². The normalized spacial score (nSPS) is 11.7. The van der Waals surface area contributed by atoms with Crippen LogP contribution in [-0.4, -0.2) is 17.5 Å². The number of benzene rings is 3.